The first-order valence-corrected chi connectivity index (χ1v) is 24.3. The van der Waals surface area contributed by atoms with E-state index in [4.69, 9.17) is 25.5 Å². The molecule has 10 rings (SSSR count). The Labute approximate surface area is 390 Å². The highest BCUT2D eigenvalue weighted by atomic mass is 79.9. The highest BCUT2D eigenvalue weighted by Gasteiger charge is 2.40. The van der Waals surface area contributed by atoms with Crippen molar-refractivity contribution in [3.05, 3.63) is 110 Å². The van der Waals surface area contributed by atoms with E-state index in [2.05, 4.69) is 21.1 Å². The molecule has 2 saturated heterocycles. The average molecular weight is 980 g/mol. The van der Waals surface area contributed by atoms with Gasteiger partial charge in [0.05, 0.1) is 52.0 Å². The molecule has 15 nitrogen and oxygen atoms in total. The van der Waals surface area contributed by atoms with Gasteiger partial charge in [-0.15, -0.1) is 0 Å². The number of fused-ring (bicyclic) bond motifs is 6. The van der Waals surface area contributed by atoms with Gasteiger partial charge in [-0.3, -0.25) is 19.2 Å². The van der Waals surface area contributed by atoms with Crippen molar-refractivity contribution in [2.24, 2.45) is 11.5 Å². The number of ether oxygens (including phenoxy) is 2. The highest BCUT2D eigenvalue weighted by molar-refractivity contribution is 9.10. The molecule has 1 saturated carbocycles. The molecule has 4 N–H and O–H groups in total. The van der Waals surface area contributed by atoms with E-state index in [1.54, 1.807) is 49.1 Å². The Balaban J connectivity index is 0.000000178. The van der Waals surface area contributed by atoms with E-state index in [9.17, 15) is 27.6 Å². The van der Waals surface area contributed by atoms with Crippen LogP contribution in [0.5, 0.6) is 0 Å². The number of carbonyl (C=O) groups excluding carboxylic acids is 4. The summed E-state index contributed by atoms with van der Waals surface area (Å²) < 4.78 is 46.5. The van der Waals surface area contributed by atoms with E-state index in [0.717, 1.165) is 26.7 Å². The van der Waals surface area contributed by atoms with Gasteiger partial charge in [-0.2, -0.15) is 0 Å². The Hall–Kier alpha value is -5.88. The van der Waals surface area contributed by atoms with E-state index in [0.29, 0.717) is 101 Å². The second-order valence-corrected chi connectivity index (χ2v) is 21.0. The quantitative estimate of drug-likeness (QED) is 0.165. The van der Waals surface area contributed by atoms with Crippen molar-refractivity contribution in [1.82, 2.24) is 18.9 Å². The van der Waals surface area contributed by atoms with E-state index < -0.39 is 27.1 Å². The topological polar surface area (TPSA) is 210 Å². The maximum Gasteiger partial charge on any atom is 0.254 e. The van der Waals surface area contributed by atoms with Crippen molar-refractivity contribution in [1.29, 1.82) is 0 Å². The molecule has 0 spiro atoms. The molecule has 344 valence electrons. The van der Waals surface area contributed by atoms with Crippen LogP contribution in [-0.2, 0) is 25.9 Å². The van der Waals surface area contributed by atoms with Crippen LogP contribution in [0.1, 0.15) is 105 Å². The number of nitrogens with zero attached hydrogens (tertiary/aromatic N) is 4. The predicted octanol–water partition coefficient (Wildman–Crippen LogP) is 7.12. The summed E-state index contributed by atoms with van der Waals surface area (Å²) in [5.74, 6) is -0.805. The lowest BCUT2D eigenvalue weighted by molar-refractivity contribution is -0.0586. The molecule has 4 aliphatic rings. The average Bonchev–Trinajstić information content (AvgIpc) is 3.90. The van der Waals surface area contributed by atoms with Crippen molar-refractivity contribution < 1.29 is 41.6 Å². The van der Waals surface area contributed by atoms with Gasteiger partial charge in [0.15, 0.2) is 0 Å². The van der Waals surface area contributed by atoms with Crippen LogP contribution in [0.4, 0.5) is 0 Å². The van der Waals surface area contributed by atoms with Crippen molar-refractivity contribution in [2.45, 2.75) is 90.5 Å². The smallest absolute Gasteiger partial charge is 0.254 e. The van der Waals surface area contributed by atoms with Crippen molar-refractivity contribution >= 4 is 71.4 Å². The summed E-state index contributed by atoms with van der Waals surface area (Å²) in [6.07, 6.45) is 1.53. The van der Waals surface area contributed by atoms with Gasteiger partial charge >= 0.3 is 0 Å². The van der Waals surface area contributed by atoms with Gasteiger partial charge in [-0.25, -0.2) is 12.4 Å². The summed E-state index contributed by atoms with van der Waals surface area (Å²) in [7, 11) is -3.87. The Kier molecular flexibility index (Phi) is 11.7. The van der Waals surface area contributed by atoms with Gasteiger partial charge in [0.2, 0.25) is 15.9 Å². The van der Waals surface area contributed by atoms with Crippen molar-refractivity contribution in [3.8, 4) is 22.3 Å². The van der Waals surface area contributed by atoms with Crippen LogP contribution in [0.3, 0.4) is 0 Å². The first-order valence-electron chi connectivity index (χ1n) is 22.0. The van der Waals surface area contributed by atoms with Crippen molar-refractivity contribution in [2.75, 3.05) is 26.2 Å². The maximum atomic E-state index is 13.8. The van der Waals surface area contributed by atoms with Crippen LogP contribution in [-0.4, -0.2) is 107 Å². The lowest BCUT2D eigenvalue weighted by Crippen LogP contribution is -2.48. The van der Waals surface area contributed by atoms with E-state index in [1.165, 1.54) is 3.97 Å². The third kappa shape index (κ3) is 8.19. The number of nitrogens with two attached hydrogens (primary N) is 2. The SMILES string of the molecule is C[C@@H]1CN(C(=O)c2ccc3c(c2)Cc2c(C(N)=O)cc(Br)cc2-3)C[C@H](C)O1.Cc1noc(C)c1-c1cc(C(N)=O)c2c(c1)c1ccc(C(=O)N3C[C@@H](C)O[C@@H](C)C3)cc1n2S(=O)(=O)C1CC1. The molecule has 4 aromatic carbocycles. The Morgan fingerprint density at radius 2 is 1.29 bits per heavy atom. The fraction of sp³-hybridized carbons (Fsp3) is 0.367. The number of benzene rings is 4. The third-order valence-corrected chi connectivity index (χ3v) is 15.4. The highest BCUT2D eigenvalue weighted by Crippen LogP contribution is 2.43. The lowest BCUT2D eigenvalue weighted by Gasteiger charge is -2.35. The number of hydrogen-bond acceptors (Lipinski definition) is 10. The first kappa shape index (κ1) is 45.3. The van der Waals surface area contributed by atoms with Crippen LogP contribution in [0.25, 0.3) is 44.1 Å². The first-order chi connectivity index (χ1) is 31.3. The van der Waals surface area contributed by atoms with Crippen molar-refractivity contribution in [3.63, 3.8) is 0 Å². The molecule has 0 bridgehead atoms. The van der Waals surface area contributed by atoms with Gasteiger partial charge in [0.1, 0.15) is 5.76 Å². The minimum atomic E-state index is -3.87. The molecule has 2 aliphatic carbocycles. The van der Waals surface area contributed by atoms with Crippen LogP contribution >= 0.6 is 15.9 Å². The molecule has 3 fully saturated rings. The Bertz CT molecular complexity index is 3100. The standard InChI is InChI=1S/C28H30N4O6S.C21H21BrN2O3/c1-14-12-31(13-15(2)37-14)28(34)18-5-8-21-22-9-19(25-16(3)30-38-17(25)4)10-23(27(29)33)26(22)32(24(21)11-18)39(35,36)20-6-7-20;1-11-9-24(10-12(2)27-11)21(26)13-3-4-16-14(5-13)6-17-18(16)7-15(22)8-19(17)20(23)25/h5,8-11,14-15,20H,6-7,12-13H2,1-4H3,(H2,29,33);3-5,7-8,11-12H,6,9-10H2,1-2H3,(H2,23,25)/t14-,15+;11-,12+. The molecule has 66 heavy (non-hydrogen) atoms. The maximum absolute atomic E-state index is 13.8. The lowest BCUT2D eigenvalue weighted by atomic mass is 9.97. The number of rotatable bonds is 7. The zero-order valence-corrected chi connectivity index (χ0v) is 39.9. The van der Waals surface area contributed by atoms with Gasteiger partial charge in [0, 0.05) is 63.7 Å². The number of aromatic nitrogens is 2. The second-order valence-electron chi connectivity index (χ2n) is 18.1. The fourth-order valence-corrected chi connectivity index (χ4v) is 12.3. The summed E-state index contributed by atoms with van der Waals surface area (Å²) in [4.78, 5) is 54.7. The molecule has 4 amide bonds. The Morgan fingerprint density at radius 1 is 0.712 bits per heavy atom. The van der Waals surface area contributed by atoms with Gasteiger partial charge in [-0.1, -0.05) is 33.2 Å². The molecule has 0 radical (unpaired) electrons. The van der Waals surface area contributed by atoms with Gasteiger partial charge < -0.3 is 35.3 Å². The molecule has 4 atom stereocenters. The summed E-state index contributed by atoms with van der Waals surface area (Å²) in [6.45, 7) is 13.5. The van der Waals surface area contributed by atoms with Gasteiger partial charge in [-0.05, 0) is 137 Å². The molecule has 0 unspecified atom stereocenters. The van der Waals surface area contributed by atoms with E-state index in [-0.39, 0.29) is 47.3 Å². The van der Waals surface area contributed by atoms with E-state index in [1.807, 2.05) is 62.9 Å². The van der Waals surface area contributed by atoms with Crippen LogP contribution in [0.15, 0.2) is 69.7 Å². The molecule has 2 aliphatic heterocycles. The fourth-order valence-electron chi connectivity index (χ4n) is 9.91. The second kappa shape index (κ2) is 17.1. The molecule has 17 heteroatoms. The number of morpholine rings is 2. The molecular formula is C49H51BrN6O9S. The minimum Gasteiger partial charge on any atom is -0.372 e. The third-order valence-electron chi connectivity index (χ3n) is 12.8. The number of aryl methyl sites for hydroxylation is 2. The zero-order chi connectivity index (χ0) is 47.1. The molecule has 6 aromatic rings. The number of halogens is 1. The number of amides is 4. The summed E-state index contributed by atoms with van der Waals surface area (Å²) in [6, 6.07) is 18.0. The monoisotopic (exact) mass is 978 g/mol. The molecular weight excluding hydrogens is 929 g/mol. The predicted molar refractivity (Wildman–Crippen MR) is 253 cm³/mol. The van der Waals surface area contributed by atoms with E-state index >= 15 is 0 Å². The molecule has 2 aromatic heterocycles. The zero-order valence-electron chi connectivity index (χ0n) is 37.5. The number of primary amides is 2. The normalized spacial score (nSPS) is 20.5. The summed E-state index contributed by atoms with van der Waals surface area (Å²) in [5, 5.41) is 4.62. The van der Waals surface area contributed by atoms with Crippen LogP contribution < -0.4 is 11.5 Å². The van der Waals surface area contributed by atoms with Crippen LogP contribution in [0, 0.1) is 13.8 Å². The van der Waals surface area contributed by atoms with Gasteiger partial charge in [0.25, 0.3) is 17.7 Å². The minimum absolute atomic E-state index is 0.0204. The van der Waals surface area contributed by atoms with Crippen LogP contribution in [0.2, 0.25) is 0 Å². The number of carbonyl (C=O) groups is 4. The Morgan fingerprint density at radius 3 is 1.83 bits per heavy atom. The summed E-state index contributed by atoms with van der Waals surface area (Å²) in [5.41, 5.74) is 19.6. The number of hydrogen-bond donors (Lipinski definition) is 2. The molecule has 4 heterocycles. The summed E-state index contributed by atoms with van der Waals surface area (Å²) >= 11 is 3.46. The largest absolute Gasteiger partial charge is 0.372 e.